The van der Waals surface area contributed by atoms with Gasteiger partial charge in [0.15, 0.2) is 5.58 Å². The highest BCUT2D eigenvalue weighted by molar-refractivity contribution is 7.22. The molecule has 1 amide bonds. The van der Waals surface area contributed by atoms with Gasteiger partial charge in [0.2, 0.25) is 0 Å². The first-order valence-corrected chi connectivity index (χ1v) is 8.09. The van der Waals surface area contributed by atoms with Gasteiger partial charge in [0, 0.05) is 18.7 Å². The summed E-state index contributed by atoms with van der Waals surface area (Å²) >= 11 is 1.22. The van der Waals surface area contributed by atoms with Gasteiger partial charge >= 0.3 is 5.63 Å². The molecule has 5 nitrogen and oxygen atoms in total. The number of nitrogens with zero attached hydrogens (tertiary/aromatic N) is 1. The summed E-state index contributed by atoms with van der Waals surface area (Å²) in [5.41, 5.74) is 0.318. The molecule has 0 fully saturated rings. The van der Waals surface area contributed by atoms with E-state index in [-0.39, 0.29) is 23.0 Å². The fourth-order valence-corrected chi connectivity index (χ4v) is 3.33. The van der Waals surface area contributed by atoms with Crippen LogP contribution in [0.3, 0.4) is 0 Å². The number of anilines is 1. The largest absolute Gasteiger partial charge is 0.508 e. The van der Waals surface area contributed by atoms with Gasteiger partial charge in [-0.15, -0.1) is 11.3 Å². The average Bonchev–Trinajstić information content (AvgIpc) is 2.97. The summed E-state index contributed by atoms with van der Waals surface area (Å²) in [5.74, 6) is -1.07. The smallest absolute Gasteiger partial charge is 0.347 e. The Labute approximate surface area is 146 Å². The van der Waals surface area contributed by atoms with E-state index in [0.717, 1.165) is 0 Å². The minimum Gasteiger partial charge on any atom is -0.508 e. The zero-order valence-corrected chi connectivity index (χ0v) is 14.3. The average molecular weight is 359 g/mol. The second kappa shape index (κ2) is 6.18. The lowest BCUT2D eigenvalue weighted by Crippen LogP contribution is -2.25. The lowest BCUT2D eigenvalue weighted by atomic mass is 10.1. The van der Waals surface area contributed by atoms with Crippen molar-refractivity contribution >= 4 is 38.3 Å². The third-order valence-corrected chi connectivity index (χ3v) is 4.90. The number of aryl methyl sites for hydroxylation is 1. The van der Waals surface area contributed by atoms with Gasteiger partial charge in [0.05, 0.1) is 4.70 Å². The molecule has 0 atom stereocenters. The van der Waals surface area contributed by atoms with Gasteiger partial charge in [0.25, 0.3) is 5.91 Å². The molecule has 3 aromatic rings. The van der Waals surface area contributed by atoms with E-state index in [1.54, 1.807) is 20.0 Å². The van der Waals surface area contributed by atoms with Crippen molar-refractivity contribution in [3.8, 4) is 0 Å². The van der Waals surface area contributed by atoms with Gasteiger partial charge in [-0.05, 0) is 36.8 Å². The fraction of sp³-hybridized carbons (Fsp3) is 0.111. The van der Waals surface area contributed by atoms with Crippen molar-refractivity contribution in [2.45, 2.75) is 6.92 Å². The topological polar surface area (TPSA) is 70.8 Å². The van der Waals surface area contributed by atoms with Crippen LogP contribution in [0.1, 0.15) is 21.5 Å². The summed E-state index contributed by atoms with van der Waals surface area (Å²) in [6.45, 7) is 4.91. The van der Waals surface area contributed by atoms with E-state index >= 15 is 0 Å². The molecule has 1 aromatic carbocycles. The van der Waals surface area contributed by atoms with Crippen molar-refractivity contribution in [1.29, 1.82) is 0 Å². The molecular formula is C18H14FNO4S. The molecule has 3 rings (SSSR count). The maximum atomic E-state index is 13.4. The van der Waals surface area contributed by atoms with Gasteiger partial charge in [-0.3, -0.25) is 4.79 Å². The minimum atomic E-state index is -0.701. The van der Waals surface area contributed by atoms with Crippen molar-refractivity contribution in [1.82, 2.24) is 0 Å². The standard InChI is InChI=1S/C18H14FNO4S/c1-9-6-11(4-5-13(9)19)17(22)20(3)16-8-14-15(25-16)7-12(10(2)21)18(23)24-14/h4-8,21H,2H2,1,3H3. The number of hydrogen-bond acceptors (Lipinski definition) is 5. The number of carbonyl (C=O) groups excluding carboxylic acids is 1. The van der Waals surface area contributed by atoms with Crippen LogP contribution in [-0.2, 0) is 0 Å². The van der Waals surface area contributed by atoms with E-state index in [1.807, 2.05) is 0 Å². The van der Waals surface area contributed by atoms with Crippen LogP contribution < -0.4 is 10.5 Å². The lowest BCUT2D eigenvalue weighted by Gasteiger charge is -2.15. The van der Waals surface area contributed by atoms with Crippen LogP contribution in [0.4, 0.5) is 9.39 Å². The van der Waals surface area contributed by atoms with E-state index in [9.17, 15) is 19.1 Å². The lowest BCUT2D eigenvalue weighted by molar-refractivity contribution is 0.0993. The van der Waals surface area contributed by atoms with Crippen LogP contribution in [0, 0.1) is 12.7 Å². The highest BCUT2D eigenvalue weighted by Gasteiger charge is 2.18. The predicted molar refractivity (Wildman–Crippen MR) is 95.9 cm³/mol. The highest BCUT2D eigenvalue weighted by Crippen LogP contribution is 2.33. The van der Waals surface area contributed by atoms with Crippen LogP contribution in [0.25, 0.3) is 16.0 Å². The van der Waals surface area contributed by atoms with Crippen molar-refractivity contribution in [2.75, 3.05) is 11.9 Å². The molecule has 2 heterocycles. The van der Waals surface area contributed by atoms with E-state index in [1.165, 1.54) is 40.5 Å². The number of thiophene rings is 1. The maximum absolute atomic E-state index is 13.4. The molecule has 0 radical (unpaired) electrons. The molecular weight excluding hydrogens is 345 g/mol. The Morgan fingerprint density at radius 1 is 1.32 bits per heavy atom. The number of aliphatic hydroxyl groups excluding tert-OH is 1. The summed E-state index contributed by atoms with van der Waals surface area (Å²) in [6, 6.07) is 7.19. The number of fused-ring (bicyclic) bond motifs is 1. The van der Waals surface area contributed by atoms with Crippen LogP contribution in [-0.4, -0.2) is 18.1 Å². The van der Waals surface area contributed by atoms with E-state index in [2.05, 4.69) is 6.58 Å². The van der Waals surface area contributed by atoms with Gasteiger partial charge in [0.1, 0.15) is 22.1 Å². The number of hydrogen-bond donors (Lipinski definition) is 1. The van der Waals surface area contributed by atoms with Gasteiger partial charge in [-0.1, -0.05) is 6.58 Å². The molecule has 7 heteroatoms. The highest BCUT2D eigenvalue weighted by atomic mass is 32.1. The summed E-state index contributed by atoms with van der Waals surface area (Å²) in [7, 11) is 1.58. The molecule has 0 aliphatic rings. The van der Waals surface area contributed by atoms with E-state index in [0.29, 0.717) is 26.4 Å². The number of rotatable bonds is 3. The van der Waals surface area contributed by atoms with Gasteiger partial charge in [-0.2, -0.15) is 0 Å². The Hall–Kier alpha value is -2.93. The SMILES string of the molecule is C=C(O)c1cc2sc(N(C)C(=O)c3ccc(F)c(C)c3)cc2oc1=O. The van der Waals surface area contributed by atoms with E-state index in [4.69, 9.17) is 4.42 Å². The van der Waals surface area contributed by atoms with E-state index < -0.39 is 5.63 Å². The quantitative estimate of drug-likeness (QED) is 0.715. The second-order valence-corrected chi connectivity index (χ2v) is 6.60. The Morgan fingerprint density at radius 3 is 2.68 bits per heavy atom. The zero-order valence-electron chi connectivity index (χ0n) is 13.5. The first-order valence-electron chi connectivity index (χ1n) is 7.28. The van der Waals surface area contributed by atoms with Crippen LogP contribution in [0.5, 0.6) is 0 Å². The molecule has 2 aromatic heterocycles. The van der Waals surface area contributed by atoms with Crippen molar-refractivity contribution < 1.29 is 18.7 Å². The molecule has 0 unspecified atom stereocenters. The Kier molecular flexibility index (Phi) is 4.18. The number of aliphatic hydroxyl groups is 1. The Bertz CT molecular complexity index is 1070. The third kappa shape index (κ3) is 3.06. The Balaban J connectivity index is 2.00. The van der Waals surface area contributed by atoms with Crippen LogP contribution >= 0.6 is 11.3 Å². The first-order chi connectivity index (χ1) is 11.8. The van der Waals surface area contributed by atoms with Crippen molar-refractivity contribution in [3.63, 3.8) is 0 Å². The zero-order chi connectivity index (χ0) is 18.3. The van der Waals surface area contributed by atoms with Gasteiger partial charge < -0.3 is 14.4 Å². The monoisotopic (exact) mass is 359 g/mol. The molecule has 1 N–H and O–H groups in total. The number of benzene rings is 1. The summed E-state index contributed by atoms with van der Waals surface area (Å²) in [4.78, 5) is 25.8. The minimum absolute atomic E-state index is 0.0240. The first kappa shape index (κ1) is 16.9. The molecule has 128 valence electrons. The van der Waals surface area contributed by atoms with Crippen molar-refractivity contribution in [2.24, 2.45) is 0 Å². The number of halogens is 1. The molecule has 0 spiro atoms. The third-order valence-electron chi connectivity index (χ3n) is 3.76. The fourth-order valence-electron chi connectivity index (χ4n) is 2.34. The maximum Gasteiger partial charge on any atom is 0.347 e. The number of amides is 1. The predicted octanol–water partition coefficient (Wildman–Crippen LogP) is 4.11. The molecule has 25 heavy (non-hydrogen) atoms. The Morgan fingerprint density at radius 2 is 2.04 bits per heavy atom. The van der Waals surface area contributed by atoms with Crippen molar-refractivity contribution in [3.05, 3.63) is 69.8 Å². The second-order valence-electron chi connectivity index (χ2n) is 5.54. The summed E-state index contributed by atoms with van der Waals surface area (Å²) < 4.78 is 19.1. The molecule has 0 saturated carbocycles. The number of carbonyl (C=O) groups is 1. The molecule has 0 aliphatic heterocycles. The van der Waals surface area contributed by atoms with Gasteiger partial charge in [-0.25, -0.2) is 9.18 Å². The summed E-state index contributed by atoms with van der Waals surface area (Å²) in [6.07, 6.45) is 0. The molecule has 0 bridgehead atoms. The summed E-state index contributed by atoms with van der Waals surface area (Å²) in [5, 5.41) is 9.97. The molecule has 0 saturated heterocycles. The normalized spacial score (nSPS) is 10.8. The molecule has 0 aliphatic carbocycles. The van der Waals surface area contributed by atoms with Crippen LogP contribution in [0.2, 0.25) is 0 Å². The van der Waals surface area contributed by atoms with Crippen LogP contribution in [0.15, 0.2) is 46.1 Å².